The SMILES string of the molecule is CN1c2ccccc2Sc2cc(CSSSSSCc3ccc4c(c3)Sc3ccccc3N4C)ccc21. The van der Waals surface area contributed by atoms with E-state index in [1.54, 1.807) is 0 Å². The molecule has 4 aromatic rings. The Morgan fingerprint density at radius 1 is 0.514 bits per heavy atom. The largest absolute Gasteiger partial charge is 0.343 e. The van der Waals surface area contributed by atoms with E-state index in [0.29, 0.717) is 0 Å². The van der Waals surface area contributed by atoms with Crippen molar-refractivity contribution in [3.8, 4) is 0 Å². The van der Waals surface area contributed by atoms with Crippen molar-refractivity contribution in [1.29, 1.82) is 0 Å². The summed E-state index contributed by atoms with van der Waals surface area (Å²) in [4.78, 5) is 9.95. The van der Waals surface area contributed by atoms with Crippen LogP contribution in [-0.2, 0) is 11.5 Å². The van der Waals surface area contributed by atoms with Crippen LogP contribution in [0.5, 0.6) is 0 Å². The highest BCUT2D eigenvalue weighted by molar-refractivity contribution is 9.35. The van der Waals surface area contributed by atoms with Gasteiger partial charge in [-0.2, -0.15) is 0 Å². The fourth-order valence-corrected chi connectivity index (χ4v) is 15.4. The number of hydrogen-bond acceptors (Lipinski definition) is 9. The topological polar surface area (TPSA) is 6.48 Å². The van der Waals surface area contributed by atoms with Gasteiger partial charge >= 0.3 is 0 Å². The van der Waals surface area contributed by atoms with Crippen LogP contribution < -0.4 is 9.80 Å². The van der Waals surface area contributed by atoms with Crippen LogP contribution in [0.25, 0.3) is 0 Å². The molecule has 37 heavy (non-hydrogen) atoms. The highest BCUT2D eigenvalue weighted by Gasteiger charge is 2.21. The third-order valence-corrected chi connectivity index (χ3v) is 17.0. The Balaban J connectivity index is 0.950. The molecule has 2 heterocycles. The third kappa shape index (κ3) is 5.78. The monoisotopic (exact) mass is 612 g/mol. The van der Waals surface area contributed by atoms with Gasteiger partial charge in [0.25, 0.3) is 0 Å². The van der Waals surface area contributed by atoms with Crippen LogP contribution in [0.4, 0.5) is 22.7 Å². The Morgan fingerprint density at radius 3 is 1.43 bits per heavy atom. The minimum absolute atomic E-state index is 1.01. The van der Waals surface area contributed by atoms with E-state index in [-0.39, 0.29) is 0 Å². The van der Waals surface area contributed by atoms with Gasteiger partial charge in [0, 0.05) is 45.2 Å². The lowest BCUT2D eigenvalue weighted by Gasteiger charge is -2.29. The Hall–Kier alpha value is -1.07. The van der Waals surface area contributed by atoms with Gasteiger partial charge in [0.05, 0.1) is 22.7 Å². The molecular formula is C28H24N2S7. The van der Waals surface area contributed by atoms with Crippen molar-refractivity contribution in [3.63, 3.8) is 0 Å². The average molecular weight is 613 g/mol. The number of hydrogen-bond donors (Lipinski definition) is 0. The lowest BCUT2D eigenvalue weighted by atomic mass is 10.2. The predicted molar refractivity (Wildman–Crippen MR) is 176 cm³/mol. The number of para-hydroxylation sites is 2. The third-order valence-electron chi connectivity index (χ3n) is 6.27. The van der Waals surface area contributed by atoms with E-state index in [0.717, 1.165) is 11.5 Å². The molecule has 0 radical (unpaired) electrons. The van der Waals surface area contributed by atoms with E-state index in [2.05, 4.69) is 109 Å². The Kier molecular flexibility index (Phi) is 8.47. The summed E-state index contributed by atoms with van der Waals surface area (Å²) < 4.78 is 0. The Labute approximate surface area is 246 Å². The second-order valence-electron chi connectivity index (χ2n) is 8.59. The van der Waals surface area contributed by atoms with Crippen LogP contribution in [0, 0.1) is 0 Å². The van der Waals surface area contributed by atoms with Crippen LogP contribution in [0.2, 0.25) is 0 Å². The number of anilines is 4. The van der Waals surface area contributed by atoms with Gasteiger partial charge in [-0.25, -0.2) is 0 Å². The molecule has 0 saturated heterocycles. The molecule has 0 bridgehead atoms. The molecule has 0 atom stereocenters. The van der Waals surface area contributed by atoms with Crippen LogP contribution in [0.3, 0.4) is 0 Å². The van der Waals surface area contributed by atoms with E-state index in [9.17, 15) is 0 Å². The molecule has 0 fully saturated rings. The van der Waals surface area contributed by atoms with Crippen LogP contribution in [-0.4, -0.2) is 14.1 Å². The minimum atomic E-state index is 1.01. The summed E-state index contributed by atoms with van der Waals surface area (Å²) in [6.45, 7) is 0. The molecule has 4 aromatic carbocycles. The molecule has 0 aromatic heterocycles. The number of fused-ring (bicyclic) bond motifs is 4. The van der Waals surface area contributed by atoms with Crippen molar-refractivity contribution < 1.29 is 0 Å². The van der Waals surface area contributed by atoms with Gasteiger partial charge in [-0.3, -0.25) is 0 Å². The molecule has 6 rings (SSSR count). The van der Waals surface area contributed by atoms with Gasteiger partial charge < -0.3 is 9.80 Å². The zero-order valence-corrected chi connectivity index (χ0v) is 26.0. The fourth-order valence-electron chi connectivity index (χ4n) is 4.39. The number of nitrogens with zero attached hydrogens (tertiary/aromatic N) is 2. The van der Waals surface area contributed by atoms with Gasteiger partial charge in [0.2, 0.25) is 0 Å². The van der Waals surface area contributed by atoms with Gasteiger partial charge in [-0.15, -0.1) is 0 Å². The summed E-state index contributed by atoms with van der Waals surface area (Å²) in [7, 11) is 13.8. The highest BCUT2D eigenvalue weighted by Crippen LogP contribution is 2.52. The molecule has 0 spiro atoms. The minimum Gasteiger partial charge on any atom is -0.343 e. The molecule has 0 saturated carbocycles. The first-order chi connectivity index (χ1) is 18.2. The highest BCUT2D eigenvalue weighted by atomic mass is 33.8. The molecule has 0 N–H and O–H groups in total. The summed E-state index contributed by atoms with van der Waals surface area (Å²) >= 11 is 3.76. The smallest absolute Gasteiger partial charge is 0.0550 e. The fraction of sp³-hybridized carbons (Fsp3) is 0.143. The quantitative estimate of drug-likeness (QED) is 0.140. The number of rotatable bonds is 8. The lowest BCUT2D eigenvalue weighted by Crippen LogP contribution is -2.14. The summed E-state index contributed by atoms with van der Waals surface area (Å²) in [5, 5.41) is 0. The van der Waals surface area contributed by atoms with Crippen LogP contribution in [0.1, 0.15) is 11.1 Å². The van der Waals surface area contributed by atoms with Crippen molar-refractivity contribution in [1.82, 2.24) is 0 Å². The van der Waals surface area contributed by atoms with Gasteiger partial charge in [-0.05, 0) is 89.1 Å². The maximum Gasteiger partial charge on any atom is 0.0550 e. The molecule has 2 aliphatic rings. The maximum absolute atomic E-state index is 2.36. The first-order valence-corrected chi connectivity index (χ1v) is 19.8. The zero-order valence-electron chi connectivity index (χ0n) is 20.2. The molecule has 0 amide bonds. The van der Waals surface area contributed by atoms with E-state index < -0.39 is 0 Å². The van der Waals surface area contributed by atoms with E-state index in [1.807, 2.05) is 74.6 Å². The van der Waals surface area contributed by atoms with Crippen molar-refractivity contribution in [3.05, 3.63) is 96.1 Å². The van der Waals surface area contributed by atoms with Crippen molar-refractivity contribution in [2.24, 2.45) is 0 Å². The van der Waals surface area contributed by atoms with E-state index in [1.165, 1.54) is 53.5 Å². The summed E-state index contributed by atoms with van der Waals surface area (Å²) in [6, 6.07) is 31.1. The van der Waals surface area contributed by atoms with Crippen molar-refractivity contribution in [2.75, 3.05) is 23.9 Å². The average Bonchev–Trinajstić information content (AvgIpc) is 2.92. The second-order valence-corrected chi connectivity index (χ2v) is 18.5. The molecule has 0 unspecified atom stereocenters. The summed E-state index contributed by atoms with van der Waals surface area (Å²) in [5.74, 6) is 2.03. The second kappa shape index (κ2) is 12.0. The van der Waals surface area contributed by atoms with Gasteiger partial charge in [0.1, 0.15) is 0 Å². The van der Waals surface area contributed by atoms with Crippen LogP contribution >= 0.6 is 74.6 Å². The Morgan fingerprint density at radius 2 is 0.946 bits per heavy atom. The normalized spacial score (nSPS) is 13.6. The first-order valence-electron chi connectivity index (χ1n) is 11.7. The molecule has 2 nitrogen and oxygen atoms in total. The molecule has 9 heteroatoms. The zero-order chi connectivity index (χ0) is 25.2. The van der Waals surface area contributed by atoms with Crippen molar-refractivity contribution in [2.45, 2.75) is 31.1 Å². The van der Waals surface area contributed by atoms with Crippen LogP contribution in [0.15, 0.2) is 105 Å². The van der Waals surface area contributed by atoms with E-state index >= 15 is 0 Å². The molecule has 2 aliphatic heterocycles. The Bertz CT molecular complexity index is 1320. The molecule has 188 valence electrons. The summed E-state index contributed by atoms with van der Waals surface area (Å²) in [5.41, 5.74) is 7.93. The number of benzene rings is 4. The lowest BCUT2D eigenvalue weighted by molar-refractivity contribution is 1.10. The summed E-state index contributed by atoms with van der Waals surface area (Å²) in [6.07, 6.45) is 0. The predicted octanol–water partition coefficient (Wildman–Crippen LogP) is 11.2. The van der Waals surface area contributed by atoms with E-state index in [4.69, 9.17) is 0 Å². The maximum atomic E-state index is 2.36. The molecular weight excluding hydrogens is 589 g/mol. The van der Waals surface area contributed by atoms with Gasteiger partial charge in [0.15, 0.2) is 0 Å². The standard InChI is InChI=1S/C28H24N2S7/c1-29-21-7-3-5-9-25(21)33-27-15-19(11-13-23(27)29)17-31-35-37-36-32-18-20-12-14-24-28(16-20)34-26-10-6-4-8-22(26)30(24)2/h3-16H,17-18H2,1-2H3. The van der Waals surface area contributed by atoms with Gasteiger partial charge in [-0.1, -0.05) is 81.5 Å². The first kappa shape index (κ1) is 26.2. The molecule has 0 aliphatic carbocycles. The van der Waals surface area contributed by atoms with Crippen molar-refractivity contribution >= 4 is 97.3 Å².